The Morgan fingerprint density at radius 3 is 2.71 bits per heavy atom. The van der Waals surface area contributed by atoms with E-state index in [4.69, 9.17) is 5.26 Å². The summed E-state index contributed by atoms with van der Waals surface area (Å²) in [5, 5.41) is 31.2. The van der Waals surface area contributed by atoms with Gasteiger partial charge in [-0.05, 0) is 46.2 Å². The van der Waals surface area contributed by atoms with E-state index in [9.17, 15) is 9.90 Å². The molecule has 0 aromatic carbocycles. The molecule has 1 amide bonds. The van der Waals surface area contributed by atoms with Crippen molar-refractivity contribution < 1.29 is 9.90 Å². The number of rotatable bonds is 7. The fourth-order valence-corrected chi connectivity index (χ4v) is 4.11. The van der Waals surface area contributed by atoms with Crippen LogP contribution < -0.4 is 10.6 Å². The SMILES string of the molecule is CC(C)Nc1cc(-n2ncc3cc(C#N)cnc32)ncc1C(=O)NCCC1(O)CCN(C)CC1. The third-order valence-electron chi connectivity index (χ3n) is 6.13. The van der Waals surface area contributed by atoms with Gasteiger partial charge >= 0.3 is 0 Å². The van der Waals surface area contributed by atoms with E-state index in [0.717, 1.165) is 18.5 Å². The topological polar surface area (TPSA) is 132 Å². The fraction of sp³-hybridized carbons (Fsp3) is 0.458. The van der Waals surface area contributed by atoms with Crippen molar-refractivity contribution in [2.45, 2.75) is 44.8 Å². The molecule has 3 aromatic rings. The quantitative estimate of drug-likeness (QED) is 0.486. The lowest BCUT2D eigenvalue weighted by Gasteiger charge is -2.36. The van der Waals surface area contributed by atoms with E-state index in [-0.39, 0.29) is 11.9 Å². The predicted molar refractivity (Wildman–Crippen MR) is 129 cm³/mol. The molecule has 3 N–H and O–H groups in total. The van der Waals surface area contributed by atoms with E-state index < -0.39 is 5.60 Å². The van der Waals surface area contributed by atoms with Crippen LogP contribution in [0.4, 0.5) is 5.69 Å². The Balaban J connectivity index is 1.53. The highest BCUT2D eigenvalue weighted by atomic mass is 16.3. The van der Waals surface area contributed by atoms with Crippen molar-refractivity contribution in [1.29, 1.82) is 5.26 Å². The van der Waals surface area contributed by atoms with Crippen LogP contribution >= 0.6 is 0 Å². The maximum atomic E-state index is 13.0. The van der Waals surface area contributed by atoms with Gasteiger partial charge in [0.2, 0.25) is 0 Å². The smallest absolute Gasteiger partial charge is 0.254 e. The Hall–Kier alpha value is -3.55. The number of hydrogen-bond donors (Lipinski definition) is 3. The summed E-state index contributed by atoms with van der Waals surface area (Å²) in [5.41, 5.74) is 1.35. The van der Waals surface area contributed by atoms with Gasteiger partial charge in [-0.1, -0.05) is 0 Å². The van der Waals surface area contributed by atoms with Crippen LogP contribution in [0.1, 0.15) is 49.0 Å². The molecular formula is C24H30N8O2. The molecule has 0 saturated carbocycles. The van der Waals surface area contributed by atoms with E-state index in [1.54, 1.807) is 23.0 Å². The molecule has 10 heteroatoms. The molecule has 3 aromatic heterocycles. The van der Waals surface area contributed by atoms with E-state index in [0.29, 0.717) is 54.1 Å². The third-order valence-corrected chi connectivity index (χ3v) is 6.13. The highest BCUT2D eigenvalue weighted by molar-refractivity contribution is 5.99. The molecule has 4 heterocycles. The summed E-state index contributed by atoms with van der Waals surface area (Å²) < 4.78 is 1.58. The number of anilines is 1. The Morgan fingerprint density at radius 1 is 1.24 bits per heavy atom. The normalized spacial score (nSPS) is 15.9. The summed E-state index contributed by atoms with van der Waals surface area (Å²) in [7, 11) is 2.05. The predicted octanol–water partition coefficient (Wildman–Crippen LogP) is 2.08. The summed E-state index contributed by atoms with van der Waals surface area (Å²) in [6.45, 7) is 6.08. The van der Waals surface area contributed by atoms with Crippen molar-refractivity contribution in [3.8, 4) is 11.9 Å². The number of pyridine rings is 2. The van der Waals surface area contributed by atoms with E-state index in [1.165, 1.54) is 12.4 Å². The number of carbonyl (C=O) groups excluding carboxylic acids is 1. The largest absolute Gasteiger partial charge is 0.390 e. The van der Waals surface area contributed by atoms with Crippen molar-refractivity contribution >= 4 is 22.6 Å². The molecule has 1 aliphatic rings. The molecule has 0 spiro atoms. The molecule has 1 saturated heterocycles. The first kappa shape index (κ1) is 23.6. The van der Waals surface area contributed by atoms with E-state index in [1.807, 2.05) is 20.9 Å². The third kappa shape index (κ3) is 5.16. The first-order valence-corrected chi connectivity index (χ1v) is 11.5. The zero-order valence-corrected chi connectivity index (χ0v) is 19.7. The second-order valence-corrected chi connectivity index (χ2v) is 9.23. The Labute approximate surface area is 198 Å². The molecule has 0 bridgehead atoms. The summed E-state index contributed by atoms with van der Waals surface area (Å²) in [6.07, 6.45) is 6.58. The summed E-state index contributed by atoms with van der Waals surface area (Å²) in [5.74, 6) is 0.258. The molecule has 0 atom stereocenters. The van der Waals surface area contributed by atoms with Gasteiger partial charge in [-0.15, -0.1) is 0 Å². The Kier molecular flexibility index (Phi) is 6.77. The molecule has 10 nitrogen and oxygen atoms in total. The van der Waals surface area contributed by atoms with Crippen LogP contribution in [0.2, 0.25) is 0 Å². The van der Waals surface area contributed by atoms with Crippen LogP contribution in [0.5, 0.6) is 0 Å². The molecule has 1 aliphatic heterocycles. The van der Waals surface area contributed by atoms with Crippen molar-refractivity contribution in [3.63, 3.8) is 0 Å². The number of nitriles is 1. The maximum Gasteiger partial charge on any atom is 0.254 e. The van der Waals surface area contributed by atoms with Crippen LogP contribution in [0.3, 0.4) is 0 Å². The highest BCUT2D eigenvalue weighted by Gasteiger charge is 2.30. The summed E-state index contributed by atoms with van der Waals surface area (Å²) in [4.78, 5) is 24.0. The number of piperidine rings is 1. The van der Waals surface area contributed by atoms with Crippen LogP contribution in [-0.4, -0.2) is 74.0 Å². The number of likely N-dealkylation sites (tertiary alicyclic amines) is 1. The molecule has 0 radical (unpaired) electrons. The molecule has 178 valence electrons. The number of fused-ring (bicyclic) bond motifs is 1. The number of hydrogen-bond acceptors (Lipinski definition) is 8. The first-order chi connectivity index (χ1) is 16.3. The Morgan fingerprint density at radius 2 is 2.00 bits per heavy atom. The molecular weight excluding hydrogens is 432 g/mol. The van der Waals surface area contributed by atoms with Gasteiger partial charge in [0.25, 0.3) is 5.91 Å². The zero-order chi connectivity index (χ0) is 24.3. The van der Waals surface area contributed by atoms with Crippen LogP contribution in [0.25, 0.3) is 16.9 Å². The minimum Gasteiger partial charge on any atom is -0.390 e. The van der Waals surface area contributed by atoms with Gasteiger partial charge in [-0.3, -0.25) is 4.79 Å². The van der Waals surface area contributed by atoms with Crippen molar-refractivity contribution in [2.24, 2.45) is 0 Å². The van der Waals surface area contributed by atoms with Crippen LogP contribution in [-0.2, 0) is 0 Å². The first-order valence-electron chi connectivity index (χ1n) is 11.5. The zero-order valence-electron chi connectivity index (χ0n) is 19.7. The standard InChI is InChI=1S/C24H30N8O2/c1-16(2)30-20-11-21(32-22-18(14-29-32)10-17(12-25)13-28-22)27-15-19(20)23(33)26-7-4-24(34)5-8-31(3)9-6-24/h10-11,13-16,34H,4-9H2,1-3H3,(H,26,33)(H,27,30). The maximum absolute atomic E-state index is 13.0. The minimum absolute atomic E-state index is 0.0902. The lowest BCUT2D eigenvalue weighted by atomic mass is 9.88. The number of nitrogens with zero attached hydrogens (tertiary/aromatic N) is 6. The van der Waals surface area contributed by atoms with Gasteiger partial charge < -0.3 is 20.6 Å². The fourth-order valence-electron chi connectivity index (χ4n) is 4.11. The second kappa shape index (κ2) is 9.75. The number of aromatic nitrogens is 4. The van der Waals surface area contributed by atoms with Crippen molar-refractivity contribution in [2.75, 3.05) is 32.0 Å². The Bertz CT molecular complexity index is 1220. The van der Waals surface area contributed by atoms with E-state index >= 15 is 0 Å². The number of carbonyl (C=O) groups is 1. The molecule has 34 heavy (non-hydrogen) atoms. The van der Waals surface area contributed by atoms with Gasteiger partial charge in [0.1, 0.15) is 6.07 Å². The average Bonchev–Trinajstić information content (AvgIpc) is 3.24. The molecule has 0 aliphatic carbocycles. The lowest BCUT2D eigenvalue weighted by Crippen LogP contribution is -2.44. The monoisotopic (exact) mass is 462 g/mol. The average molecular weight is 463 g/mol. The van der Waals surface area contributed by atoms with Gasteiger partial charge in [-0.25, -0.2) is 9.97 Å². The number of amides is 1. The minimum atomic E-state index is -0.736. The van der Waals surface area contributed by atoms with Gasteiger partial charge in [0, 0.05) is 49.5 Å². The van der Waals surface area contributed by atoms with Gasteiger partial charge in [-0.2, -0.15) is 15.0 Å². The molecule has 0 unspecified atom stereocenters. The number of aliphatic hydroxyl groups is 1. The van der Waals surface area contributed by atoms with E-state index in [2.05, 4.69) is 36.7 Å². The van der Waals surface area contributed by atoms with Crippen LogP contribution in [0.15, 0.2) is 30.7 Å². The summed E-state index contributed by atoms with van der Waals surface area (Å²) >= 11 is 0. The molecule has 4 rings (SSSR count). The second-order valence-electron chi connectivity index (χ2n) is 9.23. The van der Waals surface area contributed by atoms with Crippen molar-refractivity contribution in [1.82, 2.24) is 30.0 Å². The van der Waals surface area contributed by atoms with Gasteiger partial charge in [0.15, 0.2) is 11.5 Å². The highest BCUT2D eigenvalue weighted by Crippen LogP contribution is 2.25. The summed E-state index contributed by atoms with van der Waals surface area (Å²) in [6, 6.07) is 5.65. The lowest BCUT2D eigenvalue weighted by molar-refractivity contribution is -0.0214. The van der Waals surface area contributed by atoms with Crippen LogP contribution in [0, 0.1) is 11.3 Å². The molecule has 1 fully saturated rings. The van der Waals surface area contributed by atoms with Crippen molar-refractivity contribution in [3.05, 3.63) is 41.9 Å². The van der Waals surface area contributed by atoms with Gasteiger partial charge in [0.05, 0.1) is 28.6 Å². The number of nitrogens with one attached hydrogen (secondary N) is 2.